The van der Waals surface area contributed by atoms with E-state index < -0.39 is 0 Å². The van der Waals surface area contributed by atoms with E-state index in [1.165, 1.54) is 15.9 Å². The maximum absolute atomic E-state index is 4.05. The minimum absolute atomic E-state index is 0.619. The standard InChI is InChI=1S/C4H5IN4/c5-9-7-4(6-8-9)3-1-2-3/h3H,1-2H2. The molecule has 5 heteroatoms. The van der Waals surface area contributed by atoms with Gasteiger partial charge in [0.15, 0.2) is 5.82 Å². The molecule has 0 radical (unpaired) electrons. The van der Waals surface area contributed by atoms with Crippen LogP contribution in [0.3, 0.4) is 0 Å². The van der Waals surface area contributed by atoms with Crippen molar-refractivity contribution in [2.75, 3.05) is 0 Å². The molecule has 0 atom stereocenters. The summed E-state index contributed by atoms with van der Waals surface area (Å²) in [6.07, 6.45) is 2.48. The van der Waals surface area contributed by atoms with E-state index in [2.05, 4.69) is 15.4 Å². The molecule has 0 spiro atoms. The fourth-order valence-corrected chi connectivity index (χ4v) is 1.03. The van der Waals surface area contributed by atoms with Crippen molar-refractivity contribution in [3.8, 4) is 0 Å². The van der Waals surface area contributed by atoms with Gasteiger partial charge in [-0.25, -0.2) is 0 Å². The lowest BCUT2D eigenvalue weighted by Crippen LogP contribution is -1.84. The van der Waals surface area contributed by atoms with Gasteiger partial charge in [-0.1, -0.05) is 0 Å². The van der Waals surface area contributed by atoms with Crippen molar-refractivity contribution >= 4 is 22.9 Å². The second kappa shape index (κ2) is 1.89. The molecule has 0 bridgehead atoms. The second-order valence-electron chi connectivity index (χ2n) is 2.16. The first-order chi connectivity index (χ1) is 4.36. The maximum Gasteiger partial charge on any atom is 0.178 e. The van der Waals surface area contributed by atoms with Gasteiger partial charge in [0.2, 0.25) is 0 Å². The van der Waals surface area contributed by atoms with Crippen molar-refractivity contribution in [1.82, 2.24) is 18.4 Å². The molecule has 1 heterocycles. The Morgan fingerprint density at radius 2 is 2.33 bits per heavy atom. The van der Waals surface area contributed by atoms with E-state index in [4.69, 9.17) is 0 Å². The molecule has 1 aliphatic carbocycles. The van der Waals surface area contributed by atoms with Crippen LogP contribution in [0.25, 0.3) is 0 Å². The molecule has 0 unspecified atom stereocenters. The van der Waals surface area contributed by atoms with Crippen LogP contribution in [-0.2, 0) is 0 Å². The Bertz CT molecular complexity index is 216. The zero-order valence-corrected chi connectivity index (χ0v) is 6.82. The van der Waals surface area contributed by atoms with Gasteiger partial charge in [0, 0.05) is 5.92 Å². The first-order valence-corrected chi connectivity index (χ1v) is 3.79. The van der Waals surface area contributed by atoms with E-state index in [1.807, 2.05) is 22.9 Å². The predicted octanol–water partition coefficient (Wildman–Crippen LogP) is 0.749. The Kier molecular flexibility index (Phi) is 1.17. The maximum atomic E-state index is 4.05. The van der Waals surface area contributed by atoms with E-state index in [-0.39, 0.29) is 0 Å². The highest BCUT2D eigenvalue weighted by atomic mass is 127. The summed E-state index contributed by atoms with van der Waals surface area (Å²) < 4.78 is 1.48. The van der Waals surface area contributed by atoms with E-state index >= 15 is 0 Å². The van der Waals surface area contributed by atoms with Crippen LogP contribution in [0.1, 0.15) is 24.6 Å². The molecule has 1 saturated carbocycles. The lowest BCUT2D eigenvalue weighted by atomic mass is 10.4. The third-order valence-corrected chi connectivity index (χ3v) is 1.76. The van der Waals surface area contributed by atoms with Gasteiger partial charge in [0.25, 0.3) is 0 Å². The van der Waals surface area contributed by atoms with E-state index in [1.54, 1.807) is 0 Å². The molecule has 9 heavy (non-hydrogen) atoms. The van der Waals surface area contributed by atoms with Crippen LogP contribution in [0.15, 0.2) is 0 Å². The van der Waals surface area contributed by atoms with E-state index in [9.17, 15) is 0 Å². The average molecular weight is 236 g/mol. The quantitative estimate of drug-likeness (QED) is 0.675. The number of hydrogen-bond donors (Lipinski definition) is 0. The molecule has 48 valence electrons. The van der Waals surface area contributed by atoms with Crippen molar-refractivity contribution < 1.29 is 0 Å². The lowest BCUT2D eigenvalue weighted by molar-refractivity contribution is 0.853. The highest BCUT2D eigenvalue weighted by Gasteiger charge is 2.27. The minimum Gasteiger partial charge on any atom is -0.126 e. The van der Waals surface area contributed by atoms with Crippen LogP contribution in [0.5, 0.6) is 0 Å². The van der Waals surface area contributed by atoms with Crippen LogP contribution in [0.2, 0.25) is 0 Å². The van der Waals surface area contributed by atoms with Crippen molar-refractivity contribution in [3.05, 3.63) is 5.82 Å². The molecule has 0 N–H and O–H groups in total. The molecule has 4 nitrogen and oxygen atoms in total. The third-order valence-electron chi connectivity index (χ3n) is 1.35. The normalized spacial score (nSPS) is 18.3. The smallest absolute Gasteiger partial charge is 0.126 e. The molecule has 1 aliphatic rings. The second-order valence-corrected chi connectivity index (χ2v) is 3.03. The SMILES string of the molecule is In1nnc(C2CC2)n1. The van der Waals surface area contributed by atoms with Crippen LogP contribution in [0.4, 0.5) is 0 Å². The van der Waals surface area contributed by atoms with Gasteiger partial charge in [-0.05, 0) is 18.1 Å². The molecule has 1 fully saturated rings. The molecule has 0 saturated heterocycles. The summed E-state index contributed by atoms with van der Waals surface area (Å²) in [4.78, 5) is 0. The third kappa shape index (κ3) is 1.05. The van der Waals surface area contributed by atoms with Gasteiger partial charge in [-0.15, -0.1) is 13.2 Å². The van der Waals surface area contributed by atoms with E-state index in [0.717, 1.165) is 5.82 Å². The summed E-state index contributed by atoms with van der Waals surface area (Å²) in [6, 6.07) is 0. The van der Waals surface area contributed by atoms with Crippen LogP contribution < -0.4 is 0 Å². The average Bonchev–Trinajstić information content (AvgIpc) is 2.58. The van der Waals surface area contributed by atoms with Gasteiger partial charge in [0.1, 0.15) is 22.9 Å². The Balaban J connectivity index is 2.28. The zero-order valence-electron chi connectivity index (χ0n) is 4.66. The molecule has 2 rings (SSSR count). The molecule has 1 aromatic rings. The monoisotopic (exact) mass is 236 g/mol. The fourth-order valence-electron chi connectivity index (χ4n) is 0.712. The van der Waals surface area contributed by atoms with Crippen molar-refractivity contribution in [3.63, 3.8) is 0 Å². The molecular formula is C4H5IN4. The Morgan fingerprint density at radius 1 is 1.56 bits per heavy atom. The summed E-state index contributed by atoms with van der Waals surface area (Å²) in [5, 5.41) is 11.6. The summed E-state index contributed by atoms with van der Waals surface area (Å²) >= 11 is 1.99. The summed E-state index contributed by atoms with van der Waals surface area (Å²) in [5.41, 5.74) is 0. The number of tetrazole rings is 1. The van der Waals surface area contributed by atoms with E-state index in [0.29, 0.717) is 5.92 Å². The fraction of sp³-hybridized carbons (Fsp3) is 0.750. The largest absolute Gasteiger partial charge is 0.178 e. The van der Waals surface area contributed by atoms with Gasteiger partial charge >= 0.3 is 0 Å². The number of hydrogen-bond acceptors (Lipinski definition) is 3. The van der Waals surface area contributed by atoms with Crippen LogP contribution in [0, 0.1) is 0 Å². The number of aromatic nitrogens is 4. The molecule has 0 aromatic carbocycles. The van der Waals surface area contributed by atoms with Gasteiger partial charge < -0.3 is 0 Å². The first kappa shape index (κ1) is 5.57. The Labute approximate surface area is 66.1 Å². The topological polar surface area (TPSA) is 43.6 Å². The van der Waals surface area contributed by atoms with Gasteiger partial charge in [-0.2, -0.15) is 0 Å². The molecular weight excluding hydrogens is 231 g/mol. The predicted molar refractivity (Wildman–Crippen MR) is 39.2 cm³/mol. The summed E-state index contributed by atoms with van der Waals surface area (Å²) in [7, 11) is 0. The lowest BCUT2D eigenvalue weighted by Gasteiger charge is -1.78. The van der Waals surface area contributed by atoms with Gasteiger partial charge in [0.05, 0.1) is 0 Å². The van der Waals surface area contributed by atoms with Crippen molar-refractivity contribution in [2.45, 2.75) is 18.8 Å². The Morgan fingerprint density at radius 3 is 2.78 bits per heavy atom. The minimum atomic E-state index is 0.619. The highest BCUT2D eigenvalue weighted by Crippen LogP contribution is 2.37. The van der Waals surface area contributed by atoms with Crippen LogP contribution >= 0.6 is 22.9 Å². The number of nitrogens with zero attached hydrogens (tertiary/aromatic N) is 4. The zero-order chi connectivity index (χ0) is 6.27. The highest BCUT2D eigenvalue weighted by molar-refractivity contribution is 14.1. The molecule has 0 amide bonds. The molecule has 0 aliphatic heterocycles. The summed E-state index contributed by atoms with van der Waals surface area (Å²) in [5.74, 6) is 1.53. The molecule has 1 aromatic heterocycles. The van der Waals surface area contributed by atoms with Gasteiger partial charge in [-0.3, -0.25) is 0 Å². The number of halogens is 1. The van der Waals surface area contributed by atoms with Crippen molar-refractivity contribution in [2.24, 2.45) is 0 Å². The Hall–Kier alpha value is -0.200. The van der Waals surface area contributed by atoms with Crippen molar-refractivity contribution in [1.29, 1.82) is 0 Å². The van der Waals surface area contributed by atoms with Crippen LogP contribution in [-0.4, -0.2) is 18.4 Å². The number of rotatable bonds is 1. The summed E-state index contributed by atoms with van der Waals surface area (Å²) in [6.45, 7) is 0. The first-order valence-electron chi connectivity index (χ1n) is 2.82.